The second-order valence-corrected chi connectivity index (χ2v) is 5.79. The number of rotatable bonds is 3. The van der Waals surface area contributed by atoms with Gasteiger partial charge < -0.3 is 5.73 Å². The van der Waals surface area contributed by atoms with Gasteiger partial charge in [0, 0.05) is 17.6 Å². The van der Waals surface area contributed by atoms with Gasteiger partial charge in [-0.3, -0.25) is 4.98 Å². The van der Waals surface area contributed by atoms with Crippen LogP contribution in [-0.2, 0) is 6.42 Å². The molecular weight excluding hydrogens is 303 g/mol. The number of benzene rings is 2. The van der Waals surface area contributed by atoms with E-state index in [0.29, 0.717) is 10.0 Å². The summed E-state index contributed by atoms with van der Waals surface area (Å²) in [5, 5.41) is 2.21. The van der Waals surface area contributed by atoms with Crippen molar-refractivity contribution in [3.05, 3.63) is 75.9 Å². The third-order valence-electron chi connectivity index (χ3n) is 3.55. The molecule has 4 heteroatoms. The molecule has 1 heterocycles. The van der Waals surface area contributed by atoms with E-state index in [9.17, 15) is 0 Å². The average molecular weight is 317 g/mol. The van der Waals surface area contributed by atoms with E-state index in [1.54, 1.807) is 6.07 Å². The summed E-state index contributed by atoms with van der Waals surface area (Å²) in [6.07, 6.45) is 2.54. The van der Waals surface area contributed by atoms with E-state index in [4.69, 9.17) is 28.9 Å². The summed E-state index contributed by atoms with van der Waals surface area (Å²) in [5.74, 6) is 0. The van der Waals surface area contributed by atoms with Crippen molar-refractivity contribution in [3.8, 4) is 0 Å². The minimum Gasteiger partial charge on any atom is -0.324 e. The number of fused-ring (bicyclic) bond motifs is 1. The van der Waals surface area contributed by atoms with Crippen molar-refractivity contribution in [2.24, 2.45) is 5.73 Å². The van der Waals surface area contributed by atoms with E-state index in [-0.39, 0.29) is 6.04 Å². The van der Waals surface area contributed by atoms with Gasteiger partial charge >= 0.3 is 0 Å². The molecule has 0 aliphatic carbocycles. The number of pyridine rings is 1. The van der Waals surface area contributed by atoms with Crippen molar-refractivity contribution in [2.75, 3.05) is 0 Å². The maximum Gasteiger partial charge on any atom is 0.0704 e. The van der Waals surface area contributed by atoms with Gasteiger partial charge in [-0.2, -0.15) is 0 Å². The average Bonchev–Trinajstić information content (AvgIpc) is 2.50. The molecule has 3 rings (SSSR count). The molecule has 2 nitrogen and oxygen atoms in total. The Morgan fingerprint density at radius 2 is 1.81 bits per heavy atom. The first-order valence-electron chi connectivity index (χ1n) is 6.68. The zero-order valence-corrected chi connectivity index (χ0v) is 12.8. The lowest BCUT2D eigenvalue weighted by atomic mass is 9.97. The van der Waals surface area contributed by atoms with Crippen molar-refractivity contribution in [1.82, 2.24) is 4.98 Å². The summed E-state index contributed by atoms with van der Waals surface area (Å²) in [7, 11) is 0. The van der Waals surface area contributed by atoms with Crippen LogP contribution in [0.3, 0.4) is 0 Å². The summed E-state index contributed by atoms with van der Waals surface area (Å²) >= 11 is 12.0. The third kappa shape index (κ3) is 3.03. The molecule has 0 aliphatic rings. The van der Waals surface area contributed by atoms with Gasteiger partial charge in [-0.1, -0.05) is 47.5 Å². The number of nitrogens with two attached hydrogens (primary N) is 1. The lowest BCUT2D eigenvalue weighted by Crippen LogP contribution is -2.13. The van der Waals surface area contributed by atoms with Crippen LogP contribution in [0.25, 0.3) is 10.9 Å². The van der Waals surface area contributed by atoms with Crippen LogP contribution in [0.5, 0.6) is 0 Å². The Balaban J connectivity index is 1.92. The Bertz CT molecular complexity index is 781. The van der Waals surface area contributed by atoms with Crippen molar-refractivity contribution >= 4 is 34.1 Å². The van der Waals surface area contributed by atoms with Crippen LogP contribution >= 0.6 is 23.2 Å². The summed E-state index contributed by atoms with van der Waals surface area (Å²) < 4.78 is 0. The van der Waals surface area contributed by atoms with Crippen LogP contribution in [0.2, 0.25) is 10.0 Å². The number of para-hydroxylation sites is 1. The molecule has 0 aliphatic heterocycles. The van der Waals surface area contributed by atoms with Crippen LogP contribution in [0.1, 0.15) is 17.2 Å². The summed E-state index contributed by atoms with van der Waals surface area (Å²) in [6, 6.07) is 15.5. The molecule has 0 saturated heterocycles. The van der Waals surface area contributed by atoms with Crippen LogP contribution < -0.4 is 5.73 Å². The molecular formula is C17H14Cl2N2. The SMILES string of the molecule is NC(Cc1ccnc2ccccc12)c1ccc(Cl)c(Cl)c1. The predicted molar refractivity (Wildman–Crippen MR) is 88.8 cm³/mol. The molecule has 1 aromatic heterocycles. The van der Waals surface area contributed by atoms with Crippen LogP contribution in [-0.4, -0.2) is 4.98 Å². The van der Waals surface area contributed by atoms with Gasteiger partial charge in [-0.25, -0.2) is 0 Å². The molecule has 1 unspecified atom stereocenters. The molecule has 0 spiro atoms. The van der Waals surface area contributed by atoms with Gasteiger partial charge in [-0.15, -0.1) is 0 Å². The van der Waals surface area contributed by atoms with Crippen LogP contribution in [0.15, 0.2) is 54.7 Å². The second kappa shape index (κ2) is 6.02. The van der Waals surface area contributed by atoms with E-state index in [1.807, 2.05) is 42.6 Å². The normalized spacial score (nSPS) is 12.5. The van der Waals surface area contributed by atoms with Crippen molar-refractivity contribution in [3.63, 3.8) is 0 Å². The second-order valence-electron chi connectivity index (χ2n) is 4.97. The van der Waals surface area contributed by atoms with Gasteiger partial charge in [0.15, 0.2) is 0 Å². The Morgan fingerprint density at radius 1 is 1.00 bits per heavy atom. The number of hydrogen-bond acceptors (Lipinski definition) is 2. The molecule has 1 atom stereocenters. The quantitative estimate of drug-likeness (QED) is 0.755. The fourth-order valence-electron chi connectivity index (χ4n) is 2.43. The van der Waals surface area contributed by atoms with Crippen LogP contribution in [0, 0.1) is 0 Å². The summed E-state index contributed by atoms with van der Waals surface area (Å²) in [4.78, 5) is 4.37. The minimum absolute atomic E-state index is 0.134. The predicted octanol–water partition coefficient (Wildman–Crippen LogP) is 4.78. The standard InChI is InChI=1S/C17H14Cl2N2/c18-14-6-5-12(9-15(14)19)16(20)10-11-7-8-21-17-4-2-1-3-13(11)17/h1-9,16H,10,20H2. The highest BCUT2D eigenvalue weighted by atomic mass is 35.5. The molecule has 0 saturated carbocycles. The largest absolute Gasteiger partial charge is 0.324 e. The van der Waals surface area contributed by atoms with Gasteiger partial charge in [0.1, 0.15) is 0 Å². The Kier molecular flexibility index (Phi) is 4.11. The molecule has 0 bridgehead atoms. The fraction of sp³-hybridized carbons (Fsp3) is 0.118. The summed E-state index contributed by atoms with van der Waals surface area (Å²) in [6.45, 7) is 0. The monoisotopic (exact) mass is 316 g/mol. The van der Waals surface area contributed by atoms with E-state index in [0.717, 1.165) is 22.9 Å². The minimum atomic E-state index is -0.134. The van der Waals surface area contributed by atoms with Gasteiger partial charge in [0.05, 0.1) is 15.6 Å². The molecule has 2 aromatic carbocycles. The third-order valence-corrected chi connectivity index (χ3v) is 4.29. The molecule has 0 radical (unpaired) electrons. The first-order chi connectivity index (χ1) is 10.1. The first kappa shape index (κ1) is 14.3. The maximum atomic E-state index is 6.31. The van der Waals surface area contributed by atoms with Gasteiger partial charge in [0.2, 0.25) is 0 Å². The van der Waals surface area contributed by atoms with E-state index in [2.05, 4.69) is 11.1 Å². The molecule has 106 valence electrons. The molecule has 21 heavy (non-hydrogen) atoms. The van der Waals surface area contributed by atoms with Gasteiger partial charge in [-0.05, 0) is 41.8 Å². The lowest BCUT2D eigenvalue weighted by Gasteiger charge is -2.14. The highest BCUT2D eigenvalue weighted by Gasteiger charge is 2.11. The highest BCUT2D eigenvalue weighted by Crippen LogP contribution is 2.27. The number of hydrogen-bond donors (Lipinski definition) is 1. The van der Waals surface area contributed by atoms with Crippen molar-refractivity contribution < 1.29 is 0 Å². The lowest BCUT2D eigenvalue weighted by molar-refractivity contribution is 0.725. The number of nitrogens with zero attached hydrogens (tertiary/aromatic N) is 1. The van der Waals surface area contributed by atoms with Crippen molar-refractivity contribution in [1.29, 1.82) is 0 Å². The van der Waals surface area contributed by atoms with E-state index < -0.39 is 0 Å². The van der Waals surface area contributed by atoms with E-state index in [1.165, 1.54) is 5.56 Å². The summed E-state index contributed by atoms with van der Waals surface area (Å²) in [5.41, 5.74) is 9.45. The zero-order valence-electron chi connectivity index (χ0n) is 11.3. The van der Waals surface area contributed by atoms with E-state index >= 15 is 0 Å². The molecule has 2 N–H and O–H groups in total. The number of aromatic nitrogens is 1. The van der Waals surface area contributed by atoms with Gasteiger partial charge in [0.25, 0.3) is 0 Å². The Hall–Kier alpha value is -1.61. The Labute approximate surface area is 133 Å². The molecule has 3 aromatic rings. The highest BCUT2D eigenvalue weighted by molar-refractivity contribution is 6.42. The number of halogens is 2. The molecule has 0 amide bonds. The zero-order chi connectivity index (χ0) is 14.8. The fourth-order valence-corrected chi connectivity index (χ4v) is 2.74. The van der Waals surface area contributed by atoms with Crippen LogP contribution in [0.4, 0.5) is 0 Å². The molecule has 0 fully saturated rings. The van der Waals surface area contributed by atoms with Crippen molar-refractivity contribution in [2.45, 2.75) is 12.5 Å². The topological polar surface area (TPSA) is 38.9 Å². The maximum absolute atomic E-state index is 6.31. The first-order valence-corrected chi connectivity index (χ1v) is 7.44. The Morgan fingerprint density at radius 3 is 2.62 bits per heavy atom. The smallest absolute Gasteiger partial charge is 0.0704 e.